The Balaban J connectivity index is 1.57. The molecule has 1 aliphatic heterocycles. The van der Waals surface area contributed by atoms with E-state index in [1.165, 1.54) is 31.4 Å². The van der Waals surface area contributed by atoms with E-state index in [2.05, 4.69) is 58.0 Å². The SMILES string of the molecule is CCCCCCSc1nc(-c2ccc(N3CCN(C)CC3)cc2)nc2ncc(C)nc12. The quantitative estimate of drug-likeness (QED) is 0.285. The summed E-state index contributed by atoms with van der Waals surface area (Å²) in [4.78, 5) is 23.7. The van der Waals surface area contributed by atoms with Crippen LogP contribution in [0.2, 0.25) is 0 Å². The van der Waals surface area contributed by atoms with Gasteiger partial charge in [-0.2, -0.15) is 0 Å². The van der Waals surface area contributed by atoms with Crippen molar-refractivity contribution in [1.29, 1.82) is 0 Å². The molecule has 6 nitrogen and oxygen atoms in total. The molecule has 0 saturated carbocycles. The van der Waals surface area contributed by atoms with Gasteiger partial charge in [0.25, 0.3) is 0 Å². The van der Waals surface area contributed by atoms with Crippen molar-refractivity contribution in [2.75, 3.05) is 43.9 Å². The first kappa shape index (κ1) is 22.0. The van der Waals surface area contributed by atoms with Crippen molar-refractivity contribution in [1.82, 2.24) is 24.8 Å². The smallest absolute Gasteiger partial charge is 0.183 e. The van der Waals surface area contributed by atoms with Gasteiger partial charge in [-0.15, -0.1) is 11.8 Å². The predicted molar refractivity (Wildman–Crippen MR) is 130 cm³/mol. The highest BCUT2D eigenvalue weighted by atomic mass is 32.2. The van der Waals surface area contributed by atoms with Crippen molar-refractivity contribution in [3.63, 3.8) is 0 Å². The molecule has 2 aromatic heterocycles. The van der Waals surface area contributed by atoms with E-state index in [-0.39, 0.29) is 0 Å². The van der Waals surface area contributed by atoms with Gasteiger partial charge in [0.05, 0.1) is 11.9 Å². The van der Waals surface area contributed by atoms with Crippen LogP contribution in [0.5, 0.6) is 0 Å². The Morgan fingerprint density at radius 3 is 2.45 bits per heavy atom. The van der Waals surface area contributed by atoms with Crippen LogP contribution >= 0.6 is 11.8 Å². The molecular weight excluding hydrogens is 404 g/mol. The summed E-state index contributed by atoms with van der Waals surface area (Å²) in [5.74, 6) is 1.77. The average Bonchev–Trinajstić information content (AvgIpc) is 2.79. The van der Waals surface area contributed by atoms with Crippen molar-refractivity contribution < 1.29 is 0 Å². The molecule has 3 heterocycles. The molecule has 0 bridgehead atoms. The maximum atomic E-state index is 4.91. The molecule has 0 unspecified atom stereocenters. The highest BCUT2D eigenvalue weighted by Gasteiger charge is 2.16. The molecule has 7 heteroatoms. The van der Waals surface area contributed by atoms with Crippen LogP contribution in [-0.4, -0.2) is 63.8 Å². The van der Waals surface area contributed by atoms with Crippen molar-refractivity contribution in [3.8, 4) is 11.4 Å². The zero-order chi connectivity index (χ0) is 21.6. The fourth-order valence-electron chi connectivity index (χ4n) is 3.78. The van der Waals surface area contributed by atoms with Crippen molar-refractivity contribution in [3.05, 3.63) is 36.2 Å². The molecule has 0 radical (unpaired) electrons. The van der Waals surface area contributed by atoms with Gasteiger partial charge in [0.15, 0.2) is 11.5 Å². The van der Waals surface area contributed by atoms with Gasteiger partial charge in [-0.1, -0.05) is 26.2 Å². The molecule has 1 aromatic carbocycles. The lowest BCUT2D eigenvalue weighted by atomic mass is 10.1. The van der Waals surface area contributed by atoms with Gasteiger partial charge in [-0.05, 0) is 50.4 Å². The van der Waals surface area contributed by atoms with E-state index < -0.39 is 0 Å². The first-order chi connectivity index (χ1) is 15.1. The second-order valence-electron chi connectivity index (χ2n) is 8.28. The van der Waals surface area contributed by atoms with Gasteiger partial charge in [-0.3, -0.25) is 0 Å². The minimum absolute atomic E-state index is 0.676. The molecular formula is C24H32N6S. The molecule has 0 spiro atoms. The van der Waals surface area contributed by atoms with Crippen LogP contribution in [0.15, 0.2) is 35.5 Å². The van der Waals surface area contributed by atoms with E-state index in [9.17, 15) is 0 Å². The summed E-state index contributed by atoms with van der Waals surface area (Å²) in [6, 6.07) is 8.64. The number of thioether (sulfide) groups is 1. The van der Waals surface area contributed by atoms with Gasteiger partial charge in [0, 0.05) is 37.4 Å². The lowest BCUT2D eigenvalue weighted by Gasteiger charge is -2.34. The Kier molecular flexibility index (Phi) is 7.35. The number of fused-ring (bicyclic) bond motifs is 1. The highest BCUT2D eigenvalue weighted by molar-refractivity contribution is 7.99. The van der Waals surface area contributed by atoms with E-state index in [0.717, 1.165) is 59.6 Å². The molecule has 1 saturated heterocycles. The maximum absolute atomic E-state index is 4.91. The minimum atomic E-state index is 0.676. The monoisotopic (exact) mass is 436 g/mol. The van der Waals surface area contributed by atoms with Crippen LogP contribution in [0.25, 0.3) is 22.6 Å². The van der Waals surface area contributed by atoms with Crippen molar-refractivity contribution in [2.24, 2.45) is 0 Å². The topological polar surface area (TPSA) is 58.0 Å². The molecule has 0 atom stereocenters. The number of piperazine rings is 1. The van der Waals surface area contributed by atoms with Crippen LogP contribution in [0.4, 0.5) is 5.69 Å². The standard InChI is InChI=1S/C24H32N6S/c1-4-5-6-7-16-31-24-21-23(25-17-18(2)26-21)27-22(28-24)19-8-10-20(11-9-19)30-14-12-29(3)13-15-30/h8-11,17H,4-7,12-16H2,1-3H3. The fraction of sp³-hybridized carbons (Fsp3) is 0.500. The summed E-state index contributed by atoms with van der Waals surface area (Å²) in [7, 11) is 2.18. The summed E-state index contributed by atoms with van der Waals surface area (Å²) in [5.41, 5.74) is 4.68. The summed E-state index contributed by atoms with van der Waals surface area (Å²) < 4.78 is 0. The lowest BCUT2D eigenvalue weighted by molar-refractivity contribution is 0.313. The number of unbranched alkanes of at least 4 members (excludes halogenated alkanes) is 3. The number of benzene rings is 1. The molecule has 0 aliphatic carbocycles. The van der Waals surface area contributed by atoms with Crippen LogP contribution in [-0.2, 0) is 0 Å². The largest absolute Gasteiger partial charge is 0.369 e. The Morgan fingerprint density at radius 1 is 0.935 bits per heavy atom. The van der Waals surface area contributed by atoms with Crippen LogP contribution in [0.3, 0.4) is 0 Å². The van der Waals surface area contributed by atoms with Gasteiger partial charge >= 0.3 is 0 Å². The molecule has 1 aliphatic rings. The second kappa shape index (κ2) is 10.4. The summed E-state index contributed by atoms with van der Waals surface area (Å²) in [5, 5.41) is 0.941. The van der Waals surface area contributed by atoms with Crippen molar-refractivity contribution >= 4 is 28.6 Å². The molecule has 31 heavy (non-hydrogen) atoms. The number of aryl methyl sites for hydroxylation is 1. The van der Waals surface area contributed by atoms with E-state index in [1.54, 1.807) is 18.0 Å². The molecule has 164 valence electrons. The third kappa shape index (κ3) is 5.52. The lowest BCUT2D eigenvalue weighted by Crippen LogP contribution is -2.44. The molecule has 0 amide bonds. The zero-order valence-electron chi connectivity index (χ0n) is 18.8. The van der Waals surface area contributed by atoms with E-state index in [1.807, 2.05) is 6.92 Å². The minimum Gasteiger partial charge on any atom is -0.369 e. The Hall–Kier alpha value is -2.25. The number of hydrogen-bond acceptors (Lipinski definition) is 7. The van der Waals surface area contributed by atoms with Gasteiger partial charge < -0.3 is 9.80 Å². The highest BCUT2D eigenvalue weighted by Crippen LogP contribution is 2.28. The van der Waals surface area contributed by atoms with Gasteiger partial charge in [-0.25, -0.2) is 19.9 Å². The Morgan fingerprint density at radius 2 is 1.71 bits per heavy atom. The number of nitrogens with zero attached hydrogens (tertiary/aromatic N) is 6. The third-order valence-electron chi connectivity index (χ3n) is 5.73. The maximum Gasteiger partial charge on any atom is 0.183 e. The van der Waals surface area contributed by atoms with E-state index in [0.29, 0.717) is 5.65 Å². The van der Waals surface area contributed by atoms with E-state index in [4.69, 9.17) is 9.97 Å². The number of rotatable bonds is 8. The number of hydrogen-bond donors (Lipinski definition) is 0. The molecule has 3 aromatic rings. The molecule has 1 fully saturated rings. The fourth-order valence-corrected chi connectivity index (χ4v) is 4.75. The number of likely N-dealkylation sites (N-methyl/N-ethyl adjacent to an activating group) is 1. The number of anilines is 1. The summed E-state index contributed by atoms with van der Waals surface area (Å²) in [6.07, 6.45) is 6.77. The average molecular weight is 437 g/mol. The summed E-state index contributed by atoms with van der Waals surface area (Å²) >= 11 is 1.78. The normalized spacial score (nSPS) is 15.0. The predicted octanol–water partition coefficient (Wildman–Crippen LogP) is 4.82. The van der Waals surface area contributed by atoms with Gasteiger partial charge in [0.1, 0.15) is 10.5 Å². The second-order valence-corrected chi connectivity index (χ2v) is 9.37. The van der Waals surface area contributed by atoms with Crippen molar-refractivity contribution in [2.45, 2.75) is 44.6 Å². The molecule has 0 N–H and O–H groups in total. The number of aromatic nitrogens is 4. The zero-order valence-corrected chi connectivity index (χ0v) is 19.7. The summed E-state index contributed by atoms with van der Waals surface area (Å²) in [6.45, 7) is 8.54. The van der Waals surface area contributed by atoms with Crippen LogP contribution in [0, 0.1) is 6.92 Å². The Bertz CT molecular complexity index is 999. The Labute approximate surface area is 189 Å². The third-order valence-corrected chi connectivity index (χ3v) is 6.78. The van der Waals surface area contributed by atoms with Crippen LogP contribution in [0.1, 0.15) is 38.3 Å². The van der Waals surface area contributed by atoms with E-state index >= 15 is 0 Å². The van der Waals surface area contributed by atoms with Crippen LogP contribution < -0.4 is 4.90 Å². The first-order valence-electron chi connectivity index (χ1n) is 11.3. The molecule has 4 rings (SSSR count). The van der Waals surface area contributed by atoms with Gasteiger partial charge in [0.2, 0.25) is 0 Å². The first-order valence-corrected chi connectivity index (χ1v) is 12.3.